The molecular formula is C27H22ClF3N4O4S. The fourth-order valence-electron chi connectivity index (χ4n) is 3.58. The summed E-state index contributed by atoms with van der Waals surface area (Å²) in [5, 5.41) is 6.99. The van der Waals surface area contributed by atoms with Crippen molar-refractivity contribution in [3.63, 3.8) is 0 Å². The first kappa shape index (κ1) is 29.2. The Morgan fingerprint density at radius 2 is 1.80 bits per heavy atom. The Hall–Kier alpha value is -3.84. The first-order valence-corrected chi connectivity index (χ1v) is 12.8. The third kappa shape index (κ3) is 8.58. The second-order valence-electron chi connectivity index (χ2n) is 8.19. The van der Waals surface area contributed by atoms with E-state index < -0.39 is 12.5 Å². The molecule has 0 saturated heterocycles. The number of carbonyl (C=O) groups is 1. The monoisotopic (exact) mass is 590 g/mol. The van der Waals surface area contributed by atoms with Crippen molar-refractivity contribution in [1.29, 1.82) is 0 Å². The number of fused-ring (bicyclic) bond motifs is 6. The lowest BCUT2D eigenvalue weighted by molar-refractivity contribution is -0.160. The van der Waals surface area contributed by atoms with Gasteiger partial charge in [-0.05, 0) is 53.1 Å². The van der Waals surface area contributed by atoms with Gasteiger partial charge in [0.2, 0.25) is 12.2 Å². The van der Waals surface area contributed by atoms with E-state index in [4.69, 9.17) is 25.5 Å². The number of benzene rings is 3. The number of alkyl halides is 3. The van der Waals surface area contributed by atoms with Crippen molar-refractivity contribution in [3.05, 3.63) is 83.5 Å². The molecule has 0 unspecified atom stereocenters. The van der Waals surface area contributed by atoms with E-state index in [1.54, 1.807) is 6.20 Å². The van der Waals surface area contributed by atoms with E-state index in [2.05, 4.69) is 43.7 Å². The molecule has 0 atom stereocenters. The van der Waals surface area contributed by atoms with Gasteiger partial charge in [0.05, 0.1) is 32.0 Å². The van der Waals surface area contributed by atoms with Gasteiger partial charge in [-0.2, -0.15) is 22.5 Å². The standard InChI is InChI=1S/C25H21ClN4O3S.C2HF3O/c1-31-33-34-22-7-5-17(6-8-22)18-11-16-9-10-32-21-4-2-3-19(14-21)28-24-23(26)15-27-25(30-24)29-20(12-16)13-18;3-2(4,5)1-6/h2-8,11-15H,9-10H2,1H3,(H2,27,28,29,30);1H. The van der Waals surface area contributed by atoms with Crippen molar-refractivity contribution < 1.29 is 31.9 Å². The molecule has 0 spiro atoms. The number of aromatic nitrogens is 2. The smallest absolute Gasteiger partial charge is 0.446 e. The number of ether oxygens (including phenoxy) is 1. The molecule has 1 aliphatic heterocycles. The fraction of sp³-hybridized carbons (Fsp3) is 0.148. The molecule has 40 heavy (non-hydrogen) atoms. The van der Waals surface area contributed by atoms with Crippen molar-refractivity contribution in [3.8, 4) is 16.9 Å². The van der Waals surface area contributed by atoms with Crippen LogP contribution in [-0.2, 0) is 20.4 Å². The van der Waals surface area contributed by atoms with Gasteiger partial charge in [0.1, 0.15) is 10.8 Å². The molecule has 8 nitrogen and oxygen atoms in total. The van der Waals surface area contributed by atoms with E-state index in [1.165, 1.54) is 7.11 Å². The Bertz CT molecular complexity index is 1460. The van der Waals surface area contributed by atoms with Gasteiger partial charge in [0, 0.05) is 28.8 Å². The number of nitrogens with zero attached hydrogens (tertiary/aromatic N) is 2. The number of rotatable bonds is 4. The lowest BCUT2D eigenvalue weighted by atomic mass is 10.0. The maximum atomic E-state index is 10.4. The highest BCUT2D eigenvalue weighted by molar-refractivity contribution is 7.94. The summed E-state index contributed by atoms with van der Waals surface area (Å²) in [6, 6.07) is 22.1. The first-order chi connectivity index (χ1) is 19.2. The van der Waals surface area contributed by atoms with Crippen molar-refractivity contribution in [2.45, 2.75) is 17.5 Å². The molecule has 5 rings (SSSR count). The van der Waals surface area contributed by atoms with Crippen molar-refractivity contribution in [1.82, 2.24) is 9.97 Å². The highest BCUT2D eigenvalue weighted by Crippen LogP contribution is 2.31. The molecule has 3 aromatic carbocycles. The molecule has 2 N–H and O–H groups in total. The summed E-state index contributed by atoms with van der Waals surface area (Å²) >= 11 is 7.51. The molecule has 0 saturated carbocycles. The van der Waals surface area contributed by atoms with Crippen LogP contribution in [-0.4, -0.2) is 36.1 Å². The van der Waals surface area contributed by atoms with Crippen LogP contribution in [0.25, 0.3) is 11.1 Å². The molecule has 208 valence electrons. The van der Waals surface area contributed by atoms with Gasteiger partial charge >= 0.3 is 6.18 Å². The molecule has 4 aromatic rings. The van der Waals surface area contributed by atoms with Gasteiger partial charge in [0.15, 0.2) is 5.82 Å². The third-order valence-corrected chi connectivity index (χ3v) is 6.21. The van der Waals surface area contributed by atoms with E-state index in [1.807, 2.05) is 48.5 Å². The number of anilines is 4. The fourth-order valence-corrected chi connectivity index (χ4v) is 4.11. The van der Waals surface area contributed by atoms with Gasteiger partial charge < -0.3 is 15.4 Å². The molecule has 13 heteroatoms. The van der Waals surface area contributed by atoms with Crippen molar-refractivity contribution in [2.24, 2.45) is 0 Å². The summed E-state index contributed by atoms with van der Waals surface area (Å²) in [6.45, 7) is 0.541. The van der Waals surface area contributed by atoms with Crippen molar-refractivity contribution >= 4 is 53.1 Å². The molecule has 0 amide bonds. The van der Waals surface area contributed by atoms with Crippen LogP contribution in [0.3, 0.4) is 0 Å². The topological polar surface area (TPSA) is 94.6 Å². The quantitative estimate of drug-likeness (QED) is 0.108. The highest BCUT2D eigenvalue weighted by atomic mass is 35.5. The summed E-state index contributed by atoms with van der Waals surface area (Å²) in [4.78, 5) is 23.2. The van der Waals surface area contributed by atoms with E-state index in [0.717, 1.165) is 57.2 Å². The summed E-state index contributed by atoms with van der Waals surface area (Å²) in [5.74, 6) is 1.73. The molecule has 1 aliphatic rings. The number of hydrogen-bond donors (Lipinski definition) is 2. The average Bonchev–Trinajstić information content (AvgIpc) is 2.94. The zero-order chi connectivity index (χ0) is 28.5. The van der Waals surface area contributed by atoms with Crippen LogP contribution in [0.15, 0.2) is 77.8 Å². The highest BCUT2D eigenvalue weighted by Gasteiger charge is 2.24. The van der Waals surface area contributed by atoms with Crippen LogP contribution in [0.2, 0.25) is 5.02 Å². The predicted molar refractivity (Wildman–Crippen MR) is 147 cm³/mol. The average molecular weight is 591 g/mol. The van der Waals surface area contributed by atoms with Gasteiger partial charge in [-0.3, -0.25) is 4.79 Å². The lowest BCUT2D eigenvalue weighted by Crippen LogP contribution is -2.07. The molecule has 2 heterocycles. The summed E-state index contributed by atoms with van der Waals surface area (Å²) < 4.78 is 42.2. The molecule has 1 aromatic heterocycles. The van der Waals surface area contributed by atoms with Gasteiger partial charge in [-0.15, -0.1) is 0 Å². The molecule has 6 bridgehead atoms. The Morgan fingerprint density at radius 3 is 2.52 bits per heavy atom. The maximum Gasteiger partial charge on any atom is 0.446 e. The summed E-state index contributed by atoms with van der Waals surface area (Å²) in [5.41, 5.74) is 4.96. The number of aldehydes is 1. The van der Waals surface area contributed by atoms with Crippen LogP contribution in [0.5, 0.6) is 5.75 Å². The van der Waals surface area contributed by atoms with Gasteiger partial charge in [-0.25, -0.2) is 9.87 Å². The Morgan fingerprint density at radius 1 is 1.02 bits per heavy atom. The lowest BCUT2D eigenvalue weighted by Gasteiger charge is -2.15. The zero-order valence-corrected chi connectivity index (χ0v) is 22.4. The normalized spacial score (nSPS) is 12.4. The second-order valence-corrected chi connectivity index (χ2v) is 9.37. The number of nitrogens with one attached hydrogen (secondary N) is 2. The van der Waals surface area contributed by atoms with Crippen LogP contribution in [0.4, 0.5) is 36.3 Å². The molecule has 0 aliphatic carbocycles. The molecular weight excluding hydrogens is 569 g/mol. The van der Waals surface area contributed by atoms with Crippen LogP contribution in [0, 0.1) is 0 Å². The minimum atomic E-state index is -4.64. The Labute approximate surface area is 237 Å². The Balaban J connectivity index is 0.000000557. The van der Waals surface area contributed by atoms with E-state index in [9.17, 15) is 13.2 Å². The SMILES string of the molecule is COOSc1ccc(-c2cc3cc(c2)Nc2ncc(Cl)c(n2)Nc2cccc(c2)OCC3)cc1.O=CC(F)(F)F. The number of carbonyl (C=O) groups excluding carboxylic acids is 1. The van der Waals surface area contributed by atoms with Crippen LogP contribution >= 0.6 is 23.6 Å². The molecule has 0 radical (unpaired) electrons. The van der Waals surface area contributed by atoms with E-state index >= 15 is 0 Å². The third-order valence-electron chi connectivity index (χ3n) is 5.27. The van der Waals surface area contributed by atoms with Crippen molar-refractivity contribution in [2.75, 3.05) is 24.4 Å². The summed E-state index contributed by atoms with van der Waals surface area (Å²) in [6.07, 6.45) is -3.38. The van der Waals surface area contributed by atoms with E-state index in [-0.39, 0.29) is 0 Å². The largest absolute Gasteiger partial charge is 0.493 e. The van der Waals surface area contributed by atoms with E-state index in [0.29, 0.717) is 23.4 Å². The minimum Gasteiger partial charge on any atom is -0.493 e. The van der Waals surface area contributed by atoms with Crippen LogP contribution < -0.4 is 15.4 Å². The van der Waals surface area contributed by atoms with Crippen LogP contribution in [0.1, 0.15) is 5.56 Å². The first-order valence-electron chi connectivity index (χ1n) is 11.7. The zero-order valence-electron chi connectivity index (χ0n) is 20.9. The number of hydrogen-bond acceptors (Lipinski definition) is 9. The minimum absolute atomic E-state index is 0.425. The number of halogens is 4. The molecule has 0 fully saturated rings. The van der Waals surface area contributed by atoms with Gasteiger partial charge in [0.25, 0.3) is 0 Å². The maximum absolute atomic E-state index is 10.4. The van der Waals surface area contributed by atoms with Gasteiger partial charge in [-0.1, -0.05) is 35.9 Å². The Kier molecular flexibility index (Phi) is 9.83. The predicted octanol–water partition coefficient (Wildman–Crippen LogP) is 7.55. The summed E-state index contributed by atoms with van der Waals surface area (Å²) in [7, 11) is 1.48. The second kappa shape index (κ2) is 13.5.